The van der Waals surface area contributed by atoms with Gasteiger partial charge in [-0.05, 0) is 19.1 Å². The van der Waals surface area contributed by atoms with Crippen molar-refractivity contribution in [2.75, 3.05) is 6.61 Å². The fraction of sp³-hybridized carbons (Fsp3) is 0.182. The zero-order chi connectivity index (χ0) is 14.0. The van der Waals surface area contributed by atoms with Gasteiger partial charge in [0.25, 0.3) is 0 Å². The Kier molecular flexibility index (Phi) is 3.89. The van der Waals surface area contributed by atoms with Gasteiger partial charge in [-0.15, -0.1) is 0 Å². The zero-order valence-corrected chi connectivity index (χ0v) is 11.2. The minimum Gasteiger partial charge on any atom is -0.459 e. The summed E-state index contributed by atoms with van der Waals surface area (Å²) in [4.78, 5) is 14.9. The van der Waals surface area contributed by atoms with E-state index in [9.17, 15) is 13.6 Å². The number of hydrogen-bond acceptors (Lipinski definition) is 5. The highest BCUT2D eigenvalue weighted by molar-refractivity contribution is 9.10. The Bertz CT molecular complexity index is 607. The Morgan fingerprint density at radius 2 is 2.05 bits per heavy atom. The van der Waals surface area contributed by atoms with E-state index in [2.05, 4.69) is 35.3 Å². The highest BCUT2D eigenvalue weighted by Crippen LogP contribution is 2.27. The maximum atomic E-state index is 13.6. The van der Waals surface area contributed by atoms with Crippen LogP contribution in [-0.2, 0) is 4.74 Å². The number of rotatable bonds is 3. The molecule has 0 bridgehead atoms. The lowest BCUT2D eigenvalue weighted by atomic mass is 10.2. The largest absolute Gasteiger partial charge is 0.459 e. The predicted octanol–water partition coefficient (Wildman–Crippen LogP) is 2.95. The first-order valence-corrected chi connectivity index (χ1v) is 5.98. The molecule has 100 valence electrons. The SMILES string of the molecule is CCOC(=O)c1nc(-c2c(F)cc(Br)cc2F)no1. The summed E-state index contributed by atoms with van der Waals surface area (Å²) in [6.07, 6.45) is 0. The number of esters is 1. The number of benzene rings is 1. The number of halogens is 3. The molecule has 0 aliphatic carbocycles. The number of hydrogen-bond donors (Lipinski definition) is 0. The van der Waals surface area contributed by atoms with Crippen LogP contribution in [-0.4, -0.2) is 22.7 Å². The minimum absolute atomic E-state index is 0.123. The molecule has 1 aromatic carbocycles. The molecule has 19 heavy (non-hydrogen) atoms. The summed E-state index contributed by atoms with van der Waals surface area (Å²) in [5, 5.41) is 3.36. The van der Waals surface area contributed by atoms with Gasteiger partial charge in [-0.25, -0.2) is 13.6 Å². The monoisotopic (exact) mass is 332 g/mol. The fourth-order valence-corrected chi connectivity index (χ4v) is 1.76. The third kappa shape index (κ3) is 2.78. The molecule has 0 fully saturated rings. The molecule has 0 saturated carbocycles. The molecule has 0 spiro atoms. The Labute approximate surface area is 114 Å². The van der Waals surface area contributed by atoms with E-state index >= 15 is 0 Å². The van der Waals surface area contributed by atoms with E-state index in [1.54, 1.807) is 6.92 Å². The lowest BCUT2D eigenvalue weighted by molar-refractivity contribution is 0.0470. The van der Waals surface area contributed by atoms with Crippen LogP contribution in [0.15, 0.2) is 21.1 Å². The van der Waals surface area contributed by atoms with Gasteiger partial charge in [0.1, 0.15) is 11.6 Å². The number of carbonyl (C=O) groups excluding carboxylic acids is 1. The third-order valence-corrected chi connectivity index (χ3v) is 2.56. The van der Waals surface area contributed by atoms with Crippen LogP contribution in [0.5, 0.6) is 0 Å². The normalized spacial score (nSPS) is 10.5. The Morgan fingerprint density at radius 3 is 2.63 bits per heavy atom. The van der Waals surface area contributed by atoms with Crippen molar-refractivity contribution < 1.29 is 22.8 Å². The summed E-state index contributed by atoms with van der Waals surface area (Å²) in [6, 6.07) is 2.11. The molecule has 1 aromatic heterocycles. The Balaban J connectivity index is 2.41. The standard InChI is InChI=1S/C11H7BrF2N2O3/c1-2-18-11(17)10-15-9(16-19-10)8-6(13)3-5(12)4-7(8)14/h3-4H,2H2,1H3. The average molecular weight is 333 g/mol. The molecule has 1 heterocycles. The molecule has 0 unspecified atom stereocenters. The van der Waals surface area contributed by atoms with Gasteiger partial charge in [-0.3, -0.25) is 0 Å². The maximum Gasteiger partial charge on any atom is 0.397 e. The van der Waals surface area contributed by atoms with Gasteiger partial charge in [-0.2, -0.15) is 4.98 Å². The van der Waals surface area contributed by atoms with Crippen molar-refractivity contribution in [1.29, 1.82) is 0 Å². The first kappa shape index (κ1) is 13.6. The second-order valence-corrected chi connectivity index (χ2v) is 4.30. The van der Waals surface area contributed by atoms with Crippen molar-refractivity contribution in [3.63, 3.8) is 0 Å². The number of nitrogens with zero attached hydrogens (tertiary/aromatic N) is 2. The van der Waals surface area contributed by atoms with Crippen molar-refractivity contribution >= 4 is 21.9 Å². The molecule has 8 heteroatoms. The second-order valence-electron chi connectivity index (χ2n) is 3.39. The summed E-state index contributed by atoms with van der Waals surface area (Å²) in [7, 11) is 0. The number of ether oxygens (including phenoxy) is 1. The predicted molar refractivity (Wildman–Crippen MR) is 63.3 cm³/mol. The van der Waals surface area contributed by atoms with Crippen LogP contribution in [0.4, 0.5) is 8.78 Å². The van der Waals surface area contributed by atoms with Gasteiger partial charge in [0.05, 0.1) is 12.2 Å². The van der Waals surface area contributed by atoms with Crippen LogP contribution in [0, 0.1) is 11.6 Å². The number of aromatic nitrogens is 2. The zero-order valence-electron chi connectivity index (χ0n) is 9.61. The first-order chi connectivity index (χ1) is 9.02. The van der Waals surface area contributed by atoms with Crippen LogP contribution < -0.4 is 0 Å². The third-order valence-electron chi connectivity index (χ3n) is 2.11. The smallest absolute Gasteiger partial charge is 0.397 e. The molecule has 0 atom stereocenters. The van der Waals surface area contributed by atoms with Crippen molar-refractivity contribution in [2.45, 2.75) is 6.92 Å². The molecular formula is C11H7BrF2N2O3. The van der Waals surface area contributed by atoms with E-state index in [0.29, 0.717) is 0 Å². The van der Waals surface area contributed by atoms with Crippen molar-refractivity contribution in [3.05, 3.63) is 34.1 Å². The highest BCUT2D eigenvalue weighted by Gasteiger charge is 2.22. The van der Waals surface area contributed by atoms with Gasteiger partial charge in [-0.1, -0.05) is 21.1 Å². The first-order valence-electron chi connectivity index (χ1n) is 5.18. The van der Waals surface area contributed by atoms with Gasteiger partial charge in [0.2, 0.25) is 5.82 Å². The van der Waals surface area contributed by atoms with Crippen molar-refractivity contribution in [1.82, 2.24) is 10.1 Å². The molecule has 0 saturated heterocycles. The molecule has 0 radical (unpaired) electrons. The highest BCUT2D eigenvalue weighted by atomic mass is 79.9. The summed E-state index contributed by atoms with van der Waals surface area (Å²) in [6.45, 7) is 1.72. The van der Waals surface area contributed by atoms with Crippen LogP contribution >= 0.6 is 15.9 Å². The molecule has 0 N–H and O–H groups in total. The molecule has 0 amide bonds. The van der Waals surface area contributed by atoms with E-state index in [4.69, 9.17) is 0 Å². The quantitative estimate of drug-likeness (QED) is 0.808. The lowest BCUT2D eigenvalue weighted by Crippen LogP contribution is -2.04. The summed E-state index contributed by atoms with van der Waals surface area (Å²) >= 11 is 2.95. The van der Waals surface area contributed by atoms with Gasteiger partial charge in [0.15, 0.2) is 0 Å². The summed E-state index contributed by atoms with van der Waals surface area (Å²) in [5.74, 6) is -3.41. The van der Waals surface area contributed by atoms with Crippen LogP contribution in [0.1, 0.15) is 17.6 Å². The van der Waals surface area contributed by atoms with E-state index in [1.165, 1.54) is 0 Å². The topological polar surface area (TPSA) is 65.2 Å². The number of carbonyl (C=O) groups is 1. The molecular weight excluding hydrogens is 326 g/mol. The van der Waals surface area contributed by atoms with Gasteiger partial charge >= 0.3 is 11.9 Å². The van der Waals surface area contributed by atoms with Gasteiger partial charge in [0, 0.05) is 4.47 Å². The maximum absolute atomic E-state index is 13.6. The Hall–Kier alpha value is -1.83. The molecule has 2 aromatic rings. The van der Waals surface area contributed by atoms with E-state index in [1.807, 2.05) is 0 Å². The van der Waals surface area contributed by atoms with Crippen molar-refractivity contribution in [3.8, 4) is 11.4 Å². The van der Waals surface area contributed by atoms with Crippen LogP contribution in [0.25, 0.3) is 11.4 Å². The average Bonchev–Trinajstić information content (AvgIpc) is 2.77. The van der Waals surface area contributed by atoms with Crippen LogP contribution in [0.3, 0.4) is 0 Å². The molecule has 2 rings (SSSR count). The lowest BCUT2D eigenvalue weighted by Gasteiger charge is -2.00. The summed E-state index contributed by atoms with van der Waals surface area (Å²) in [5.41, 5.74) is -0.470. The summed E-state index contributed by atoms with van der Waals surface area (Å²) < 4.78 is 36.8. The van der Waals surface area contributed by atoms with Gasteiger partial charge < -0.3 is 9.26 Å². The molecule has 0 aliphatic heterocycles. The second kappa shape index (κ2) is 5.43. The van der Waals surface area contributed by atoms with E-state index < -0.39 is 29.1 Å². The van der Waals surface area contributed by atoms with Crippen molar-refractivity contribution in [2.24, 2.45) is 0 Å². The van der Waals surface area contributed by atoms with E-state index in [0.717, 1.165) is 12.1 Å². The minimum atomic E-state index is -0.872. The fourth-order valence-electron chi connectivity index (χ4n) is 1.36. The molecule has 0 aliphatic rings. The Morgan fingerprint density at radius 1 is 1.42 bits per heavy atom. The van der Waals surface area contributed by atoms with Crippen LogP contribution in [0.2, 0.25) is 0 Å². The molecule has 5 nitrogen and oxygen atoms in total. The van der Waals surface area contributed by atoms with E-state index in [-0.39, 0.29) is 16.9 Å².